The molecule has 2 amide bonds. The molecule has 6 nitrogen and oxygen atoms in total. The lowest BCUT2D eigenvalue weighted by atomic mass is 10.2. The number of amides is 2. The van der Waals surface area contributed by atoms with Crippen LogP contribution in [0.25, 0.3) is 0 Å². The van der Waals surface area contributed by atoms with Crippen molar-refractivity contribution in [1.82, 2.24) is 15.5 Å². The Kier molecular flexibility index (Phi) is 7.15. The molecule has 0 aliphatic rings. The zero-order chi connectivity index (χ0) is 20.6. The summed E-state index contributed by atoms with van der Waals surface area (Å²) in [5.74, 6) is -0.714. The molecule has 2 aromatic carbocycles. The van der Waals surface area contributed by atoms with Gasteiger partial charge in [0.15, 0.2) is 5.82 Å². The molecule has 3 aromatic rings. The molecule has 0 spiro atoms. The van der Waals surface area contributed by atoms with Gasteiger partial charge in [0.05, 0.1) is 5.75 Å². The van der Waals surface area contributed by atoms with Crippen molar-refractivity contribution in [3.8, 4) is 0 Å². The second-order valence-electron chi connectivity index (χ2n) is 5.91. The van der Waals surface area contributed by atoms with Crippen LogP contribution < -0.4 is 10.6 Å². The summed E-state index contributed by atoms with van der Waals surface area (Å²) in [6.07, 6.45) is 0. The smallest absolute Gasteiger partial charge is 0.256 e. The molecule has 0 fully saturated rings. The Labute approximate surface area is 175 Å². The summed E-state index contributed by atoms with van der Waals surface area (Å²) in [6, 6.07) is 15.8. The molecule has 2 N–H and O–H groups in total. The van der Waals surface area contributed by atoms with E-state index in [1.165, 1.54) is 30.0 Å². The molecule has 0 unspecified atom stereocenters. The van der Waals surface area contributed by atoms with E-state index in [1.54, 1.807) is 24.3 Å². The summed E-state index contributed by atoms with van der Waals surface area (Å²) in [5.41, 5.74) is 1.13. The fourth-order valence-electron chi connectivity index (χ4n) is 2.28. The van der Waals surface area contributed by atoms with Gasteiger partial charge in [-0.15, -0.1) is 10.2 Å². The summed E-state index contributed by atoms with van der Waals surface area (Å²) in [7, 11) is 0. The highest BCUT2D eigenvalue weighted by Gasteiger charge is 2.09. The lowest BCUT2D eigenvalue weighted by molar-refractivity contribution is -0.118. The van der Waals surface area contributed by atoms with Gasteiger partial charge in [0.25, 0.3) is 5.91 Å². The van der Waals surface area contributed by atoms with Crippen molar-refractivity contribution < 1.29 is 14.0 Å². The number of carbonyl (C=O) groups is 2. The number of halogens is 2. The number of anilines is 1. The molecule has 0 atom stereocenters. The monoisotopic (exact) mass is 430 g/mol. The van der Waals surface area contributed by atoms with Crippen molar-refractivity contribution in [1.29, 1.82) is 0 Å². The van der Waals surface area contributed by atoms with Crippen LogP contribution in [0.1, 0.15) is 15.9 Å². The molecule has 0 radical (unpaired) electrons. The number of carbonyl (C=O) groups excluding carboxylic acids is 2. The van der Waals surface area contributed by atoms with Crippen LogP contribution in [0, 0.1) is 5.82 Å². The first-order valence-corrected chi connectivity index (χ1v) is 9.90. The van der Waals surface area contributed by atoms with E-state index in [1.807, 2.05) is 12.1 Å². The van der Waals surface area contributed by atoms with E-state index in [0.717, 1.165) is 11.6 Å². The molecule has 1 aromatic heterocycles. The summed E-state index contributed by atoms with van der Waals surface area (Å²) >= 11 is 7.05. The fraction of sp³-hybridized carbons (Fsp3) is 0.100. The van der Waals surface area contributed by atoms with Gasteiger partial charge in [0.2, 0.25) is 5.91 Å². The standard InChI is InChI=1S/C20H16ClFN4O2S/c21-15-6-4-13(5-7-15)11-23-18(27)12-29-19-9-8-17(25-26-19)24-20(28)14-2-1-3-16(22)10-14/h1-10H,11-12H2,(H,23,27)(H,24,25,28). The van der Waals surface area contributed by atoms with Crippen molar-refractivity contribution in [3.63, 3.8) is 0 Å². The maximum atomic E-state index is 13.2. The third-order valence-corrected chi connectivity index (χ3v) is 4.89. The third-order valence-electron chi connectivity index (χ3n) is 3.72. The van der Waals surface area contributed by atoms with Gasteiger partial charge in [0.1, 0.15) is 10.8 Å². The van der Waals surface area contributed by atoms with Crippen LogP contribution in [-0.2, 0) is 11.3 Å². The molecule has 148 valence electrons. The van der Waals surface area contributed by atoms with Gasteiger partial charge in [-0.1, -0.05) is 41.6 Å². The van der Waals surface area contributed by atoms with E-state index < -0.39 is 11.7 Å². The first-order valence-electron chi connectivity index (χ1n) is 8.54. The van der Waals surface area contributed by atoms with Crippen LogP contribution >= 0.6 is 23.4 Å². The van der Waals surface area contributed by atoms with E-state index in [-0.39, 0.29) is 23.0 Å². The van der Waals surface area contributed by atoms with Crippen LogP contribution in [0.15, 0.2) is 65.7 Å². The van der Waals surface area contributed by atoms with E-state index >= 15 is 0 Å². The number of benzene rings is 2. The molecular formula is C20H16ClFN4O2S. The minimum Gasteiger partial charge on any atom is -0.351 e. The number of thioether (sulfide) groups is 1. The van der Waals surface area contributed by atoms with E-state index in [4.69, 9.17) is 11.6 Å². The topological polar surface area (TPSA) is 84.0 Å². The number of nitrogens with zero attached hydrogens (tertiary/aromatic N) is 2. The fourth-order valence-corrected chi connectivity index (χ4v) is 3.05. The van der Waals surface area contributed by atoms with Crippen molar-refractivity contribution in [3.05, 3.63) is 82.6 Å². The number of nitrogens with one attached hydrogen (secondary N) is 2. The van der Waals surface area contributed by atoms with E-state index in [2.05, 4.69) is 20.8 Å². The van der Waals surface area contributed by atoms with Crippen molar-refractivity contribution in [2.45, 2.75) is 11.6 Å². The molecular weight excluding hydrogens is 415 g/mol. The second kappa shape index (κ2) is 9.99. The van der Waals surface area contributed by atoms with E-state index in [9.17, 15) is 14.0 Å². The first kappa shape index (κ1) is 20.8. The number of rotatable bonds is 7. The molecule has 0 bridgehead atoms. The van der Waals surface area contributed by atoms with Gasteiger partial charge in [-0.05, 0) is 48.0 Å². The van der Waals surface area contributed by atoms with Crippen LogP contribution in [0.5, 0.6) is 0 Å². The van der Waals surface area contributed by atoms with Gasteiger partial charge in [-0.3, -0.25) is 9.59 Å². The maximum absolute atomic E-state index is 13.2. The second-order valence-corrected chi connectivity index (χ2v) is 7.35. The maximum Gasteiger partial charge on any atom is 0.256 e. The first-order chi connectivity index (χ1) is 14.0. The zero-order valence-corrected chi connectivity index (χ0v) is 16.6. The molecule has 0 aliphatic heterocycles. The van der Waals surface area contributed by atoms with Crippen LogP contribution in [0.2, 0.25) is 5.02 Å². The molecule has 9 heteroatoms. The van der Waals surface area contributed by atoms with E-state index in [0.29, 0.717) is 16.6 Å². The lowest BCUT2D eigenvalue weighted by Crippen LogP contribution is -2.24. The molecule has 1 heterocycles. The number of hydrogen-bond donors (Lipinski definition) is 2. The zero-order valence-electron chi connectivity index (χ0n) is 15.1. The minimum absolute atomic E-state index is 0.143. The highest BCUT2D eigenvalue weighted by atomic mass is 35.5. The van der Waals surface area contributed by atoms with Gasteiger partial charge in [0, 0.05) is 17.1 Å². The number of hydrogen-bond acceptors (Lipinski definition) is 5. The molecule has 0 saturated heterocycles. The van der Waals surface area contributed by atoms with Crippen LogP contribution in [0.4, 0.5) is 10.2 Å². The predicted octanol–water partition coefficient (Wildman–Crippen LogP) is 3.93. The summed E-state index contributed by atoms with van der Waals surface area (Å²) in [4.78, 5) is 24.0. The van der Waals surface area contributed by atoms with Gasteiger partial charge in [-0.2, -0.15) is 0 Å². The largest absolute Gasteiger partial charge is 0.351 e. The lowest BCUT2D eigenvalue weighted by Gasteiger charge is -2.06. The number of aromatic nitrogens is 2. The Hall–Kier alpha value is -2.97. The SMILES string of the molecule is O=C(CSc1ccc(NC(=O)c2cccc(F)c2)nn1)NCc1ccc(Cl)cc1. The summed E-state index contributed by atoms with van der Waals surface area (Å²) < 4.78 is 13.2. The molecule has 3 rings (SSSR count). The van der Waals surface area contributed by atoms with Gasteiger partial charge >= 0.3 is 0 Å². The average Bonchev–Trinajstić information content (AvgIpc) is 2.73. The van der Waals surface area contributed by atoms with Gasteiger partial charge < -0.3 is 10.6 Å². The third kappa shape index (κ3) is 6.55. The Balaban J connectivity index is 1.45. The van der Waals surface area contributed by atoms with Crippen molar-refractivity contribution >= 4 is 41.0 Å². The average molecular weight is 431 g/mol. The molecule has 0 saturated carbocycles. The Morgan fingerprint density at radius 3 is 2.52 bits per heavy atom. The Morgan fingerprint density at radius 1 is 1.03 bits per heavy atom. The van der Waals surface area contributed by atoms with Gasteiger partial charge in [-0.25, -0.2) is 4.39 Å². The summed E-state index contributed by atoms with van der Waals surface area (Å²) in [6.45, 7) is 0.410. The highest BCUT2D eigenvalue weighted by Crippen LogP contribution is 2.16. The quantitative estimate of drug-likeness (QED) is 0.555. The van der Waals surface area contributed by atoms with Crippen LogP contribution in [0.3, 0.4) is 0 Å². The van der Waals surface area contributed by atoms with Crippen LogP contribution in [-0.4, -0.2) is 27.8 Å². The van der Waals surface area contributed by atoms with Crippen molar-refractivity contribution in [2.75, 3.05) is 11.1 Å². The normalized spacial score (nSPS) is 10.4. The summed E-state index contributed by atoms with van der Waals surface area (Å²) in [5, 5.41) is 14.4. The Bertz CT molecular complexity index is 1000. The molecule has 29 heavy (non-hydrogen) atoms. The Morgan fingerprint density at radius 2 is 1.83 bits per heavy atom. The molecule has 0 aliphatic carbocycles. The highest BCUT2D eigenvalue weighted by molar-refractivity contribution is 7.99. The minimum atomic E-state index is -0.496. The predicted molar refractivity (Wildman–Crippen MR) is 110 cm³/mol. The van der Waals surface area contributed by atoms with Crippen molar-refractivity contribution in [2.24, 2.45) is 0 Å².